The Morgan fingerprint density at radius 1 is 0.482 bits per heavy atom. The average Bonchev–Trinajstić information content (AvgIpc) is 3.67. The van der Waals surface area contributed by atoms with Gasteiger partial charge in [0.1, 0.15) is 24.4 Å². The van der Waals surface area contributed by atoms with Gasteiger partial charge in [0, 0.05) is 6.42 Å². The van der Waals surface area contributed by atoms with Gasteiger partial charge in [-0.05, 0) is 116 Å². The van der Waals surface area contributed by atoms with Crippen molar-refractivity contribution < 1.29 is 49.3 Å². The minimum Gasteiger partial charge on any atom is -0.454 e. The summed E-state index contributed by atoms with van der Waals surface area (Å²) in [5.74, 6) is -1.28. The van der Waals surface area contributed by atoms with Crippen LogP contribution in [0.5, 0.6) is 0 Å². The van der Waals surface area contributed by atoms with Crippen LogP contribution in [0.1, 0.15) is 233 Å². The highest BCUT2D eigenvalue weighted by Crippen LogP contribution is 2.26. The Labute approximate surface area is 505 Å². The maximum atomic E-state index is 13.5. The summed E-state index contributed by atoms with van der Waals surface area (Å²) in [4.78, 5) is 26.6. The van der Waals surface area contributed by atoms with E-state index in [9.17, 15) is 35.1 Å². The molecule has 0 aliphatic carbocycles. The fraction of sp³-hybridized carbons (Fsp3) is 0.639. The zero-order valence-corrected chi connectivity index (χ0v) is 52.0. The van der Waals surface area contributed by atoms with E-state index in [1.54, 1.807) is 6.08 Å². The molecule has 1 rings (SSSR count). The van der Waals surface area contributed by atoms with Crippen LogP contribution < -0.4 is 5.32 Å². The van der Waals surface area contributed by atoms with Crippen molar-refractivity contribution in [2.45, 2.75) is 282 Å². The molecule has 1 aliphatic rings. The van der Waals surface area contributed by atoms with E-state index >= 15 is 0 Å². The number of esters is 1. The summed E-state index contributed by atoms with van der Waals surface area (Å²) in [5, 5.41) is 57.1. The van der Waals surface area contributed by atoms with E-state index in [0.717, 1.165) is 128 Å². The number of hydrogen-bond acceptors (Lipinski definition) is 10. The summed E-state index contributed by atoms with van der Waals surface area (Å²) in [6.45, 7) is 5.51. The van der Waals surface area contributed by atoms with Gasteiger partial charge < -0.3 is 45.1 Å². The van der Waals surface area contributed by atoms with Crippen LogP contribution in [-0.2, 0) is 23.8 Å². The molecule has 1 fully saturated rings. The summed E-state index contributed by atoms with van der Waals surface area (Å²) in [6, 6.07) is -1.06. The van der Waals surface area contributed by atoms with Gasteiger partial charge in [0.05, 0.1) is 25.4 Å². The molecule has 83 heavy (non-hydrogen) atoms. The van der Waals surface area contributed by atoms with E-state index in [0.29, 0.717) is 19.3 Å². The first-order valence-electron chi connectivity index (χ1n) is 32.6. The second-order valence-electron chi connectivity index (χ2n) is 21.7. The number of carbonyl (C=O) groups is 2. The van der Waals surface area contributed by atoms with Gasteiger partial charge in [-0.1, -0.05) is 256 Å². The second-order valence-corrected chi connectivity index (χ2v) is 21.7. The highest BCUT2D eigenvalue weighted by atomic mass is 16.7. The Balaban J connectivity index is 2.71. The topological polar surface area (TPSA) is 175 Å². The van der Waals surface area contributed by atoms with Gasteiger partial charge in [-0.3, -0.25) is 9.59 Å². The molecular weight excluding hydrogens is 1040 g/mol. The first-order chi connectivity index (χ1) is 40.7. The second kappa shape index (κ2) is 57.9. The molecule has 8 unspecified atom stereocenters. The Kier molecular flexibility index (Phi) is 53.4. The van der Waals surface area contributed by atoms with Crippen LogP contribution in [0.4, 0.5) is 0 Å². The third kappa shape index (κ3) is 45.6. The molecule has 470 valence electrons. The van der Waals surface area contributed by atoms with Gasteiger partial charge in [-0.15, -0.1) is 0 Å². The van der Waals surface area contributed by atoms with Crippen LogP contribution in [0.2, 0.25) is 0 Å². The molecule has 1 saturated heterocycles. The average molecular weight is 1160 g/mol. The van der Waals surface area contributed by atoms with Gasteiger partial charge >= 0.3 is 5.97 Å². The van der Waals surface area contributed by atoms with Crippen LogP contribution >= 0.6 is 0 Å². The summed E-state index contributed by atoms with van der Waals surface area (Å²) in [7, 11) is 0. The maximum Gasteiger partial charge on any atom is 0.306 e. The number of amides is 1. The van der Waals surface area contributed by atoms with Crippen molar-refractivity contribution in [1.82, 2.24) is 5.32 Å². The summed E-state index contributed by atoms with van der Waals surface area (Å²) < 4.78 is 17.6. The smallest absolute Gasteiger partial charge is 0.306 e. The first kappa shape index (κ1) is 76.6. The molecule has 0 aromatic rings. The van der Waals surface area contributed by atoms with Crippen LogP contribution in [0.15, 0.2) is 146 Å². The maximum absolute atomic E-state index is 13.5. The van der Waals surface area contributed by atoms with Crippen LogP contribution in [-0.4, -0.2) is 99.6 Å². The van der Waals surface area contributed by atoms with Crippen molar-refractivity contribution in [1.29, 1.82) is 0 Å². The Bertz CT molecular complexity index is 1910. The molecule has 11 nitrogen and oxygen atoms in total. The van der Waals surface area contributed by atoms with E-state index < -0.39 is 67.4 Å². The number of aliphatic hydroxyl groups excluding tert-OH is 5. The van der Waals surface area contributed by atoms with E-state index in [2.05, 4.69) is 148 Å². The number of allylic oxidation sites excluding steroid dienone is 23. The van der Waals surface area contributed by atoms with Crippen LogP contribution in [0.25, 0.3) is 0 Å². The van der Waals surface area contributed by atoms with Crippen molar-refractivity contribution >= 4 is 11.9 Å². The summed E-state index contributed by atoms with van der Waals surface area (Å²) >= 11 is 0. The molecule has 1 amide bonds. The highest BCUT2D eigenvalue weighted by Gasteiger charge is 2.47. The minimum atomic E-state index is -1.65. The summed E-state index contributed by atoms with van der Waals surface area (Å²) in [6.07, 6.45) is 73.1. The molecule has 8 atom stereocenters. The van der Waals surface area contributed by atoms with E-state index in [1.165, 1.54) is 51.4 Å². The number of hydrogen-bond donors (Lipinski definition) is 6. The van der Waals surface area contributed by atoms with E-state index in [4.69, 9.17) is 14.2 Å². The largest absolute Gasteiger partial charge is 0.454 e. The van der Waals surface area contributed by atoms with Crippen LogP contribution in [0, 0.1) is 0 Å². The summed E-state index contributed by atoms with van der Waals surface area (Å²) in [5.41, 5.74) is 0. The lowest BCUT2D eigenvalue weighted by atomic mass is 9.99. The fourth-order valence-electron chi connectivity index (χ4n) is 9.16. The predicted molar refractivity (Wildman–Crippen MR) is 347 cm³/mol. The highest BCUT2D eigenvalue weighted by molar-refractivity contribution is 5.80. The number of rotatable bonds is 53. The van der Waals surface area contributed by atoms with Gasteiger partial charge in [0.15, 0.2) is 12.4 Å². The lowest BCUT2D eigenvalue weighted by molar-refractivity contribution is -0.305. The SMILES string of the molecule is CC/C=C\C/C=C\C/C=C\C/C=C\C/C=C\C/C=C\CCCCCCCC(O)C(=O)NC(COC1OC(CO)C(O)C(O)C1OC(=O)CCC/C=C\C/C=C\C/C=C\C/C=C\C/C=C\CC)C(O)/C=C/CCCCCCCCCCCCC. The lowest BCUT2D eigenvalue weighted by Crippen LogP contribution is -2.61. The van der Waals surface area contributed by atoms with E-state index in [-0.39, 0.29) is 19.4 Å². The van der Waals surface area contributed by atoms with Crippen molar-refractivity contribution in [3.8, 4) is 0 Å². The Morgan fingerprint density at radius 2 is 0.867 bits per heavy atom. The number of carbonyl (C=O) groups excluding carboxylic acids is 2. The molecule has 0 aromatic heterocycles. The van der Waals surface area contributed by atoms with Crippen LogP contribution in [0.3, 0.4) is 0 Å². The number of nitrogens with one attached hydrogen (secondary N) is 1. The number of ether oxygens (including phenoxy) is 3. The zero-order chi connectivity index (χ0) is 60.3. The number of unbranched alkanes of at least 4 members (excludes halogenated alkanes) is 17. The minimum absolute atomic E-state index is 0.0350. The molecule has 0 spiro atoms. The molecular formula is C72H117NO10. The van der Waals surface area contributed by atoms with Gasteiger partial charge in [-0.2, -0.15) is 0 Å². The molecule has 0 aromatic carbocycles. The van der Waals surface area contributed by atoms with E-state index in [1.807, 2.05) is 18.2 Å². The zero-order valence-electron chi connectivity index (χ0n) is 52.0. The monoisotopic (exact) mass is 1160 g/mol. The normalized spacial score (nSPS) is 19.5. The van der Waals surface area contributed by atoms with Crippen molar-refractivity contribution in [3.05, 3.63) is 146 Å². The molecule has 1 aliphatic heterocycles. The molecule has 0 saturated carbocycles. The molecule has 6 N–H and O–H groups in total. The third-order valence-corrected chi connectivity index (χ3v) is 14.2. The third-order valence-electron chi connectivity index (χ3n) is 14.2. The van der Waals surface area contributed by atoms with Gasteiger partial charge in [0.25, 0.3) is 0 Å². The standard InChI is InChI=1S/C72H117NO10/c1-4-7-10-13-16-19-22-25-27-29-30-31-32-33-34-35-37-38-41-44-47-50-53-56-59-65(76)71(80)73-63(64(75)58-55-52-49-46-43-40-24-21-18-15-12-9-6-3)62-81-72-70(69(79)68(78)66(61-74)82-72)83-67(77)60-57-54-51-48-45-42-39-36-28-26-23-20-17-14-11-8-5-2/h7-8,10-11,16-17,19-20,25-28,30-31,33-34,37-39,42,48,51,55,58,63-66,68-70,72,74-76,78-79H,4-6,9,12-15,18,21-24,29,32,35-36,40-41,43-47,49-50,52-54,56-57,59-62H2,1-3H3,(H,73,80)/b10-7-,11-8-,19-16-,20-17-,27-25-,28-26-,31-30-,34-33-,38-37-,42-39-,51-48-,58-55+. The molecule has 0 radical (unpaired) electrons. The van der Waals surface area contributed by atoms with Crippen molar-refractivity contribution in [2.24, 2.45) is 0 Å². The van der Waals surface area contributed by atoms with Gasteiger partial charge in [-0.25, -0.2) is 0 Å². The van der Waals surface area contributed by atoms with Crippen molar-refractivity contribution in [2.75, 3.05) is 13.2 Å². The van der Waals surface area contributed by atoms with Gasteiger partial charge in [0.2, 0.25) is 5.91 Å². The molecule has 11 heteroatoms. The predicted octanol–water partition coefficient (Wildman–Crippen LogP) is 16.2. The van der Waals surface area contributed by atoms with Crippen molar-refractivity contribution in [3.63, 3.8) is 0 Å². The fourth-order valence-corrected chi connectivity index (χ4v) is 9.16. The Morgan fingerprint density at radius 3 is 1.30 bits per heavy atom. The molecule has 0 bridgehead atoms. The lowest BCUT2D eigenvalue weighted by Gasteiger charge is -2.41. The number of aliphatic hydroxyl groups is 5. The first-order valence-corrected chi connectivity index (χ1v) is 32.6. The quantitative estimate of drug-likeness (QED) is 0.0195. The molecule has 1 heterocycles. The Hall–Kier alpha value is -4.46.